The number of nitrogens with one attached hydrogen (secondary N) is 2. The third-order valence-corrected chi connectivity index (χ3v) is 2.98. The van der Waals surface area contributed by atoms with E-state index in [2.05, 4.69) is 15.6 Å². The van der Waals surface area contributed by atoms with Crippen molar-refractivity contribution in [2.45, 2.75) is 20.3 Å². The van der Waals surface area contributed by atoms with Crippen LogP contribution >= 0.6 is 0 Å². The van der Waals surface area contributed by atoms with E-state index in [-0.39, 0.29) is 5.91 Å². The van der Waals surface area contributed by atoms with Crippen molar-refractivity contribution in [3.63, 3.8) is 0 Å². The van der Waals surface area contributed by atoms with E-state index < -0.39 is 0 Å². The molecular formula is C17H21N3O2. The summed E-state index contributed by atoms with van der Waals surface area (Å²) in [7, 11) is 1.63. The van der Waals surface area contributed by atoms with Crippen molar-refractivity contribution in [2.24, 2.45) is 5.92 Å². The first-order chi connectivity index (χ1) is 10.6. The summed E-state index contributed by atoms with van der Waals surface area (Å²) in [5.74, 6) is 1.65. The molecule has 1 heterocycles. The van der Waals surface area contributed by atoms with Gasteiger partial charge in [-0.2, -0.15) is 0 Å². The highest BCUT2D eigenvalue weighted by Gasteiger charge is 2.06. The first kappa shape index (κ1) is 15.8. The molecule has 0 aliphatic rings. The van der Waals surface area contributed by atoms with Gasteiger partial charge in [0.2, 0.25) is 5.91 Å². The molecule has 1 aromatic heterocycles. The summed E-state index contributed by atoms with van der Waals surface area (Å²) in [6.07, 6.45) is 2.18. The number of carbonyl (C=O) groups is 1. The van der Waals surface area contributed by atoms with Crippen molar-refractivity contribution in [3.05, 3.63) is 42.6 Å². The van der Waals surface area contributed by atoms with Crippen LogP contribution in [-0.2, 0) is 4.79 Å². The van der Waals surface area contributed by atoms with Crippen LogP contribution in [0.1, 0.15) is 20.3 Å². The maximum atomic E-state index is 11.7. The molecule has 0 spiro atoms. The topological polar surface area (TPSA) is 63.2 Å². The molecule has 0 fully saturated rings. The van der Waals surface area contributed by atoms with Crippen LogP contribution in [0.4, 0.5) is 17.2 Å². The van der Waals surface area contributed by atoms with Crippen LogP contribution in [0.5, 0.6) is 5.75 Å². The number of aromatic nitrogens is 1. The van der Waals surface area contributed by atoms with Gasteiger partial charge in [0.25, 0.3) is 0 Å². The lowest BCUT2D eigenvalue weighted by Gasteiger charge is -2.09. The first-order valence-electron chi connectivity index (χ1n) is 7.24. The van der Waals surface area contributed by atoms with Crippen LogP contribution in [0.25, 0.3) is 0 Å². The van der Waals surface area contributed by atoms with Gasteiger partial charge >= 0.3 is 0 Å². The maximum absolute atomic E-state index is 11.7. The van der Waals surface area contributed by atoms with Gasteiger partial charge in [0.05, 0.1) is 19.0 Å². The normalized spacial score (nSPS) is 10.4. The number of benzene rings is 1. The first-order valence-corrected chi connectivity index (χ1v) is 7.24. The molecule has 5 heteroatoms. The largest absolute Gasteiger partial charge is 0.497 e. The van der Waals surface area contributed by atoms with Gasteiger partial charge in [0.15, 0.2) is 0 Å². The average molecular weight is 299 g/mol. The SMILES string of the molecule is COc1cccc(Nc2ccc(NC(=O)CC(C)C)nc2)c1. The third kappa shape index (κ3) is 4.77. The predicted octanol–water partition coefficient (Wildman–Crippen LogP) is 3.82. The zero-order valence-electron chi connectivity index (χ0n) is 13.1. The van der Waals surface area contributed by atoms with Gasteiger partial charge in [-0.05, 0) is 30.2 Å². The molecule has 2 aromatic rings. The number of anilines is 3. The number of hydrogen-bond donors (Lipinski definition) is 2. The lowest BCUT2D eigenvalue weighted by Crippen LogP contribution is -2.14. The molecule has 0 radical (unpaired) electrons. The molecule has 0 saturated heterocycles. The van der Waals surface area contributed by atoms with Gasteiger partial charge in [-0.25, -0.2) is 4.98 Å². The number of rotatable bonds is 6. The van der Waals surface area contributed by atoms with E-state index in [1.807, 2.05) is 44.2 Å². The zero-order chi connectivity index (χ0) is 15.9. The van der Waals surface area contributed by atoms with E-state index in [9.17, 15) is 4.79 Å². The highest BCUT2D eigenvalue weighted by Crippen LogP contribution is 2.21. The number of methoxy groups -OCH3 is 1. The second-order valence-electron chi connectivity index (χ2n) is 5.44. The Labute approximate surface area is 130 Å². The molecule has 0 atom stereocenters. The predicted molar refractivity (Wildman–Crippen MR) is 88.6 cm³/mol. The van der Waals surface area contributed by atoms with Crippen molar-refractivity contribution in [1.29, 1.82) is 0 Å². The second-order valence-corrected chi connectivity index (χ2v) is 5.44. The number of hydrogen-bond acceptors (Lipinski definition) is 4. The van der Waals surface area contributed by atoms with Crippen LogP contribution < -0.4 is 15.4 Å². The summed E-state index contributed by atoms with van der Waals surface area (Å²) >= 11 is 0. The number of carbonyl (C=O) groups excluding carboxylic acids is 1. The van der Waals surface area contributed by atoms with Crippen LogP contribution in [0.15, 0.2) is 42.6 Å². The Morgan fingerprint density at radius 2 is 2.05 bits per heavy atom. The monoisotopic (exact) mass is 299 g/mol. The Kier molecular flexibility index (Phi) is 5.36. The fourth-order valence-corrected chi connectivity index (χ4v) is 1.97. The van der Waals surface area contributed by atoms with Gasteiger partial charge in [-0.1, -0.05) is 19.9 Å². The molecule has 2 rings (SSSR count). The standard InChI is InChI=1S/C17H21N3O2/c1-12(2)9-17(21)20-16-8-7-14(11-18-16)19-13-5-4-6-15(10-13)22-3/h4-8,10-12,19H,9H2,1-3H3,(H,18,20,21). The van der Waals surface area contributed by atoms with Crippen LogP contribution in [0, 0.1) is 5.92 Å². The van der Waals surface area contributed by atoms with Crippen LogP contribution in [0.2, 0.25) is 0 Å². The summed E-state index contributed by atoms with van der Waals surface area (Å²) in [6, 6.07) is 11.3. The van der Waals surface area contributed by atoms with Gasteiger partial charge < -0.3 is 15.4 Å². The van der Waals surface area contributed by atoms with Crippen molar-refractivity contribution < 1.29 is 9.53 Å². The molecule has 116 valence electrons. The highest BCUT2D eigenvalue weighted by atomic mass is 16.5. The molecular weight excluding hydrogens is 278 g/mol. The Hall–Kier alpha value is -2.56. The lowest BCUT2D eigenvalue weighted by molar-refractivity contribution is -0.116. The number of amides is 1. The van der Waals surface area contributed by atoms with E-state index in [1.165, 1.54) is 0 Å². The Morgan fingerprint density at radius 1 is 1.23 bits per heavy atom. The zero-order valence-corrected chi connectivity index (χ0v) is 13.1. The van der Waals surface area contributed by atoms with E-state index in [1.54, 1.807) is 19.4 Å². The summed E-state index contributed by atoms with van der Waals surface area (Å²) in [6.45, 7) is 4.02. The van der Waals surface area contributed by atoms with Crippen LogP contribution in [-0.4, -0.2) is 18.0 Å². The molecule has 0 saturated carbocycles. The molecule has 1 amide bonds. The minimum atomic E-state index is -0.0176. The van der Waals surface area contributed by atoms with Gasteiger partial charge in [0, 0.05) is 18.2 Å². The molecule has 0 aliphatic heterocycles. The quantitative estimate of drug-likeness (QED) is 0.851. The number of pyridine rings is 1. The number of ether oxygens (including phenoxy) is 1. The van der Waals surface area contributed by atoms with Crippen molar-refractivity contribution >= 4 is 23.1 Å². The smallest absolute Gasteiger partial charge is 0.225 e. The Morgan fingerprint density at radius 3 is 2.68 bits per heavy atom. The summed E-state index contributed by atoms with van der Waals surface area (Å²) in [5, 5.41) is 6.02. The summed E-state index contributed by atoms with van der Waals surface area (Å²) in [4.78, 5) is 15.9. The minimum Gasteiger partial charge on any atom is -0.497 e. The molecule has 22 heavy (non-hydrogen) atoms. The van der Waals surface area contributed by atoms with Gasteiger partial charge in [0.1, 0.15) is 11.6 Å². The van der Waals surface area contributed by atoms with Gasteiger partial charge in [-0.3, -0.25) is 4.79 Å². The van der Waals surface area contributed by atoms with E-state index in [0.29, 0.717) is 18.2 Å². The van der Waals surface area contributed by atoms with Gasteiger partial charge in [-0.15, -0.1) is 0 Å². The Bertz CT molecular complexity index is 624. The lowest BCUT2D eigenvalue weighted by atomic mass is 10.1. The Balaban J connectivity index is 1.98. The van der Waals surface area contributed by atoms with Crippen LogP contribution in [0.3, 0.4) is 0 Å². The maximum Gasteiger partial charge on any atom is 0.225 e. The highest BCUT2D eigenvalue weighted by molar-refractivity contribution is 5.89. The fourth-order valence-electron chi connectivity index (χ4n) is 1.97. The summed E-state index contributed by atoms with van der Waals surface area (Å²) < 4.78 is 5.18. The molecule has 0 unspecified atom stereocenters. The van der Waals surface area contributed by atoms with E-state index >= 15 is 0 Å². The molecule has 2 N–H and O–H groups in total. The third-order valence-electron chi connectivity index (χ3n) is 2.98. The van der Waals surface area contributed by atoms with E-state index in [4.69, 9.17) is 4.74 Å². The summed E-state index contributed by atoms with van der Waals surface area (Å²) in [5.41, 5.74) is 1.76. The average Bonchev–Trinajstić information content (AvgIpc) is 2.48. The fraction of sp³-hybridized carbons (Fsp3) is 0.294. The van der Waals surface area contributed by atoms with Crippen molar-refractivity contribution in [3.8, 4) is 5.75 Å². The van der Waals surface area contributed by atoms with Crippen molar-refractivity contribution in [1.82, 2.24) is 4.98 Å². The second kappa shape index (κ2) is 7.45. The van der Waals surface area contributed by atoms with E-state index in [0.717, 1.165) is 17.1 Å². The number of nitrogens with zero attached hydrogens (tertiary/aromatic N) is 1. The molecule has 1 aromatic carbocycles. The molecule has 0 bridgehead atoms. The molecule has 5 nitrogen and oxygen atoms in total. The van der Waals surface area contributed by atoms with Crippen molar-refractivity contribution in [2.75, 3.05) is 17.7 Å². The molecule has 0 aliphatic carbocycles. The minimum absolute atomic E-state index is 0.0176.